The minimum Gasteiger partial charge on any atom is -0.388 e. The van der Waals surface area contributed by atoms with Crippen LogP contribution in [0.25, 0.3) is 0 Å². The van der Waals surface area contributed by atoms with Gasteiger partial charge >= 0.3 is 0 Å². The lowest BCUT2D eigenvalue weighted by Gasteiger charge is -2.13. The molecule has 0 radical (unpaired) electrons. The molecule has 2 aromatic rings. The number of aliphatic hydroxyl groups excluding tert-OH is 1. The molecular weight excluding hydrogens is 277 g/mol. The van der Waals surface area contributed by atoms with Gasteiger partial charge in [0, 0.05) is 17.0 Å². The van der Waals surface area contributed by atoms with Gasteiger partial charge in [0.25, 0.3) is 0 Å². The van der Waals surface area contributed by atoms with Gasteiger partial charge in [-0.1, -0.05) is 23.7 Å². The zero-order chi connectivity index (χ0) is 14.0. The second kappa shape index (κ2) is 5.63. The maximum Gasteiger partial charge on any atom is 0.159 e. The Hall–Kier alpha value is -1.52. The molecule has 2 aromatic carbocycles. The van der Waals surface area contributed by atoms with E-state index < -0.39 is 23.6 Å². The van der Waals surface area contributed by atoms with Crippen LogP contribution in [-0.4, -0.2) is 5.11 Å². The molecule has 19 heavy (non-hydrogen) atoms. The Morgan fingerprint density at radius 3 is 2.37 bits per heavy atom. The van der Waals surface area contributed by atoms with Gasteiger partial charge in [-0.3, -0.25) is 0 Å². The highest BCUT2D eigenvalue weighted by atomic mass is 35.5. The number of halogens is 4. The van der Waals surface area contributed by atoms with Gasteiger partial charge in [0.15, 0.2) is 11.6 Å². The van der Waals surface area contributed by atoms with Gasteiger partial charge in [-0.05, 0) is 29.8 Å². The molecule has 1 nitrogen and oxygen atoms in total. The van der Waals surface area contributed by atoms with Crippen LogP contribution in [0.3, 0.4) is 0 Å². The zero-order valence-electron chi connectivity index (χ0n) is 9.71. The molecular formula is C14H10ClF3O. The molecule has 0 aliphatic carbocycles. The molecule has 0 spiro atoms. The monoisotopic (exact) mass is 286 g/mol. The quantitative estimate of drug-likeness (QED) is 0.903. The lowest BCUT2D eigenvalue weighted by atomic mass is 10.0. The predicted molar refractivity (Wildman–Crippen MR) is 66.4 cm³/mol. The molecule has 1 N–H and O–H groups in total. The number of hydrogen-bond acceptors (Lipinski definition) is 1. The van der Waals surface area contributed by atoms with Crippen molar-refractivity contribution in [3.05, 3.63) is 70.0 Å². The molecule has 1 atom stereocenters. The Kier molecular flexibility index (Phi) is 4.12. The summed E-state index contributed by atoms with van der Waals surface area (Å²) in [4.78, 5) is 0. The summed E-state index contributed by atoms with van der Waals surface area (Å²) in [5, 5.41) is 10.1. The first-order chi connectivity index (χ1) is 8.99. The summed E-state index contributed by atoms with van der Waals surface area (Å²) in [6, 6.07) is 7.21. The van der Waals surface area contributed by atoms with E-state index in [1.807, 2.05) is 0 Å². The van der Waals surface area contributed by atoms with Gasteiger partial charge in [0.05, 0.1) is 6.10 Å². The van der Waals surface area contributed by atoms with E-state index in [0.29, 0.717) is 0 Å². The standard InChI is InChI=1S/C14H10ClF3O/c15-10-2-1-3-11(16)9(10)7-14(19)8-4-5-12(17)13(18)6-8/h1-6,14,19H,7H2. The maximum atomic E-state index is 13.5. The van der Waals surface area contributed by atoms with Gasteiger partial charge in [0.1, 0.15) is 5.82 Å². The first-order valence-electron chi connectivity index (χ1n) is 5.55. The fourth-order valence-corrected chi connectivity index (χ4v) is 2.00. The molecule has 0 amide bonds. The third kappa shape index (κ3) is 3.08. The van der Waals surface area contributed by atoms with E-state index in [2.05, 4.69) is 0 Å². The van der Waals surface area contributed by atoms with Gasteiger partial charge < -0.3 is 5.11 Å². The van der Waals surface area contributed by atoms with Crippen LogP contribution in [0, 0.1) is 17.5 Å². The molecule has 0 aliphatic heterocycles. The lowest BCUT2D eigenvalue weighted by Crippen LogP contribution is -2.05. The Labute approximate surface area is 113 Å². The van der Waals surface area contributed by atoms with Crippen LogP contribution in [0.2, 0.25) is 5.02 Å². The average molecular weight is 287 g/mol. The lowest BCUT2D eigenvalue weighted by molar-refractivity contribution is 0.176. The van der Waals surface area contributed by atoms with E-state index >= 15 is 0 Å². The molecule has 0 aromatic heterocycles. The zero-order valence-corrected chi connectivity index (χ0v) is 10.5. The highest BCUT2D eigenvalue weighted by Gasteiger charge is 2.15. The van der Waals surface area contributed by atoms with Crippen molar-refractivity contribution in [3.8, 4) is 0 Å². The number of aliphatic hydroxyl groups is 1. The maximum absolute atomic E-state index is 13.5. The summed E-state index contributed by atoms with van der Waals surface area (Å²) >= 11 is 5.83. The Balaban J connectivity index is 2.25. The van der Waals surface area contributed by atoms with Crippen LogP contribution in [-0.2, 0) is 6.42 Å². The Bertz CT molecular complexity index is 581. The minimum atomic E-state index is -1.16. The molecule has 0 fully saturated rings. The molecule has 2 rings (SSSR count). The predicted octanol–water partition coefficient (Wildman–Crippen LogP) is 4.03. The number of hydrogen-bond donors (Lipinski definition) is 1. The smallest absolute Gasteiger partial charge is 0.159 e. The van der Waals surface area contributed by atoms with Crippen molar-refractivity contribution in [2.75, 3.05) is 0 Å². The van der Waals surface area contributed by atoms with Gasteiger partial charge in [-0.2, -0.15) is 0 Å². The van der Waals surface area contributed by atoms with E-state index in [1.54, 1.807) is 0 Å². The van der Waals surface area contributed by atoms with Crippen molar-refractivity contribution in [3.63, 3.8) is 0 Å². The van der Waals surface area contributed by atoms with Crippen LogP contribution in [0.1, 0.15) is 17.2 Å². The summed E-state index contributed by atoms with van der Waals surface area (Å²) in [7, 11) is 0. The van der Waals surface area contributed by atoms with E-state index in [9.17, 15) is 18.3 Å². The summed E-state index contributed by atoms with van der Waals surface area (Å²) in [6.07, 6.45) is -1.28. The third-order valence-corrected chi connectivity index (χ3v) is 3.14. The largest absolute Gasteiger partial charge is 0.388 e. The highest BCUT2D eigenvalue weighted by Crippen LogP contribution is 2.26. The number of benzene rings is 2. The van der Waals surface area contributed by atoms with Crippen LogP contribution < -0.4 is 0 Å². The Morgan fingerprint density at radius 2 is 1.74 bits per heavy atom. The van der Waals surface area contributed by atoms with E-state index in [-0.39, 0.29) is 22.6 Å². The van der Waals surface area contributed by atoms with Crippen LogP contribution in [0.4, 0.5) is 13.2 Å². The second-order valence-corrected chi connectivity index (χ2v) is 4.50. The van der Waals surface area contributed by atoms with Crippen LogP contribution in [0.15, 0.2) is 36.4 Å². The van der Waals surface area contributed by atoms with E-state index in [1.165, 1.54) is 24.3 Å². The van der Waals surface area contributed by atoms with Crippen molar-refractivity contribution < 1.29 is 18.3 Å². The summed E-state index contributed by atoms with van der Waals surface area (Å²) < 4.78 is 39.4. The average Bonchev–Trinajstić information content (AvgIpc) is 2.37. The van der Waals surface area contributed by atoms with E-state index in [4.69, 9.17) is 11.6 Å². The minimum absolute atomic E-state index is 0.115. The first kappa shape index (κ1) is 13.9. The second-order valence-electron chi connectivity index (χ2n) is 4.09. The van der Waals surface area contributed by atoms with Crippen molar-refractivity contribution >= 4 is 11.6 Å². The summed E-state index contributed by atoms with van der Waals surface area (Å²) in [6.45, 7) is 0. The summed E-state index contributed by atoms with van der Waals surface area (Å²) in [5.41, 5.74) is 0.305. The molecule has 5 heteroatoms. The molecule has 0 heterocycles. The van der Waals surface area contributed by atoms with Crippen molar-refractivity contribution in [1.82, 2.24) is 0 Å². The SMILES string of the molecule is OC(Cc1c(F)cccc1Cl)c1ccc(F)c(F)c1. The van der Waals surface area contributed by atoms with Gasteiger partial charge in [-0.25, -0.2) is 13.2 Å². The topological polar surface area (TPSA) is 20.2 Å². The summed E-state index contributed by atoms with van der Waals surface area (Å²) in [5.74, 6) is -2.61. The molecule has 0 aliphatic rings. The van der Waals surface area contributed by atoms with Crippen LogP contribution >= 0.6 is 11.6 Å². The highest BCUT2D eigenvalue weighted by molar-refractivity contribution is 6.31. The first-order valence-corrected chi connectivity index (χ1v) is 5.92. The number of rotatable bonds is 3. The van der Waals surface area contributed by atoms with Crippen molar-refractivity contribution in [2.24, 2.45) is 0 Å². The fraction of sp³-hybridized carbons (Fsp3) is 0.143. The van der Waals surface area contributed by atoms with E-state index in [0.717, 1.165) is 12.1 Å². The molecule has 100 valence electrons. The van der Waals surface area contributed by atoms with Crippen LogP contribution in [0.5, 0.6) is 0 Å². The fourth-order valence-electron chi connectivity index (χ4n) is 1.76. The third-order valence-electron chi connectivity index (χ3n) is 2.79. The Morgan fingerprint density at radius 1 is 1.00 bits per heavy atom. The molecule has 0 saturated heterocycles. The van der Waals surface area contributed by atoms with Crippen molar-refractivity contribution in [2.45, 2.75) is 12.5 Å². The normalized spacial score (nSPS) is 12.5. The molecule has 0 bridgehead atoms. The van der Waals surface area contributed by atoms with Crippen molar-refractivity contribution in [1.29, 1.82) is 0 Å². The van der Waals surface area contributed by atoms with Gasteiger partial charge in [0.2, 0.25) is 0 Å². The molecule has 1 unspecified atom stereocenters. The van der Waals surface area contributed by atoms with Gasteiger partial charge in [-0.15, -0.1) is 0 Å². The molecule has 0 saturated carbocycles.